The first-order chi connectivity index (χ1) is 11.6. The highest BCUT2D eigenvalue weighted by atomic mass is 79.9. The van der Waals surface area contributed by atoms with E-state index in [2.05, 4.69) is 15.9 Å². The van der Waals surface area contributed by atoms with Crippen LogP contribution in [0.3, 0.4) is 0 Å². The second-order valence-corrected chi connectivity index (χ2v) is 7.13. The van der Waals surface area contributed by atoms with E-state index < -0.39 is 45.5 Å². The summed E-state index contributed by atoms with van der Waals surface area (Å²) in [7, 11) is 0. The zero-order chi connectivity index (χ0) is 18.7. The molecule has 0 saturated carbocycles. The van der Waals surface area contributed by atoms with Crippen molar-refractivity contribution in [2.24, 2.45) is 0 Å². The number of fused-ring (bicyclic) bond motifs is 1. The molecule has 1 aromatic carbocycles. The largest absolute Gasteiger partial charge is 0.478 e. The molecule has 3 rings (SSSR count). The summed E-state index contributed by atoms with van der Waals surface area (Å²) in [6.07, 6.45) is 0. The van der Waals surface area contributed by atoms with Crippen molar-refractivity contribution in [3.63, 3.8) is 0 Å². The molecule has 0 spiro atoms. The van der Waals surface area contributed by atoms with Gasteiger partial charge in [-0.2, -0.15) is 0 Å². The summed E-state index contributed by atoms with van der Waals surface area (Å²) in [4.78, 5) is 61.9. The molecule has 0 radical (unpaired) electrons. The van der Waals surface area contributed by atoms with Crippen LogP contribution in [0.2, 0.25) is 0 Å². The van der Waals surface area contributed by atoms with Crippen LogP contribution < -0.4 is 0 Å². The smallest absolute Gasteiger partial charge is 0.348 e. The van der Waals surface area contributed by atoms with Crippen LogP contribution in [0.15, 0.2) is 24.3 Å². The normalized spacial score (nSPS) is 24.7. The summed E-state index contributed by atoms with van der Waals surface area (Å²) in [5, 5.41) is 9.30. The van der Waals surface area contributed by atoms with Gasteiger partial charge in [0.2, 0.25) is 0 Å². The van der Waals surface area contributed by atoms with Crippen LogP contribution in [-0.2, 0) is 14.4 Å². The van der Waals surface area contributed by atoms with E-state index in [0.29, 0.717) is 9.80 Å². The number of amides is 3. The molecule has 3 atom stereocenters. The average molecular weight is 430 g/mol. The first-order valence-electron chi connectivity index (χ1n) is 7.01. The number of carboxylic acid groups (broad SMARTS) is 1. The molecule has 1 aromatic rings. The zero-order valence-electron chi connectivity index (χ0n) is 12.6. The highest BCUT2D eigenvalue weighted by Gasteiger charge is 2.65. The van der Waals surface area contributed by atoms with Crippen molar-refractivity contribution in [2.75, 3.05) is 0 Å². The number of nitrogens with zero attached hydrogens (tertiary/aromatic N) is 2. The maximum atomic E-state index is 12.5. The second kappa shape index (κ2) is 5.63. The zero-order valence-corrected chi connectivity index (χ0v) is 14.9. The van der Waals surface area contributed by atoms with Crippen molar-refractivity contribution >= 4 is 57.0 Å². The molecule has 8 nitrogen and oxygen atoms in total. The number of alkyl halides is 2. The molecule has 3 amide bonds. The first-order valence-corrected chi connectivity index (χ1v) is 8.24. The predicted octanol–water partition coefficient (Wildman–Crippen LogP) is 0.823. The Morgan fingerprint density at radius 1 is 1.16 bits per heavy atom. The van der Waals surface area contributed by atoms with Crippen LogP contribution in [0.1, 0.15) is 27.6 Å². The Morgan fingerprint density at radius 2 is 1.64 bits per heavy atom. The molecule has 10 heteroatoms. The van der Waals surface area contributed by atoms with E-state index in [1.807, 2.05) is 0 Å². The SMILES string of the molecule is CC(=O)C(Br)(C(=O)O)N1C(=O)[C@H](N2C(=O)c3ccccc3C2=O)[C@H]1Cl. The number of carbonyl (C=O) groups excluding carboxylic acids is 4. The number of rotatable bonds is 4. The summed E-state index contributed by atoms with van der Waals surface area (Å²) >= 11 is 8.87. The van der Waals surface area contributed by atoms with Gasteiger partial charge in [0.1, 0.15) is 5.50 Å². The fourth-order valence-electron chi connectivity index (χ4n) is 2.88. The summed E-state index contributed by atoms with van der Waals surface area (Å²) in [6.45, 7) is 0.981. The van der Waals surface area contributed by atoms with Gasteiger partial charge in [-0.05, 0) is 35.0 Å². The van der Waals surface area contributed by atoms with Gasteiger partial charge in [-0.3, -0.25) is 29.0 Å². The quantitative estimate of drug-likeness (QED) is 0.249. The maximum absolute atomic E-state index is 12.5. The van der Waals surface area contributed by atoms with Crippen molar-refractivity contribution < 1.29 is 29.1 Å². The van der Waals surface area contributed by atoms with Gasteiger partial charge in [-0.15, -0.1) is 0 Å². The number of likely N-dealkylation sites (tertiary alicyclic amines) is 1. The highest BCUT2D eigenvalue weighted by molar-refractivity contribution is 9.10. The topological polar surface area (TPSA) is 112 Å². The van der Waals surface area contributed by atoms with Crippen LogP contribution in [0.25, 0.3) is 0 Å². The third-order valence-electron chi connectivity index (χ3n) is 4.18. The minimum atomic E-state index is -2.36. The predicted molar refractivity (Wildman–Crippen MR) is 87.2 cm³/mol. The summed E-state index contributed by atoms with van der Waals surface area (Å²) < 4.78 is -2.36. The first kappa shape index (κ1) is 17.6. The molecule has 1 saturated heterocycles. The van der Waals surface area contributed by atoms with Crippen LogP contribution in [-0.4, -0.2) is 60.4 Å². The molecule has 0 aromatic heterocycles. The maximum Gasteiger partial charge on any atom is 0.348 e. The summed E-state index contributed by atoms with van der Waals surface area (Å²) in [6, 6.07) is 4.65. The molecule has 1 unspecified atom stereocenters. The molecule has 2 aliphatic heterocycles. The Morgan fingerprint density at radius 3 is 2.00 bits per heavy atom. The molecule has 130 valence electrons. The number of carboxylic acids is 1. The summed E-state index contributed by atoms with van der Waals surface area (Å²) in [5.41, 5.74) is -1.09. The third-order valence-corrected chi connectivity index (χ3v) is 5.90. The van der Waals surface area contributed by atoms with Crippen LogP contribution >= 0.6 is 27.5 Å². The Kier molecular flexibility index (Phi) is 3.96. The Labute approximate surface area is 154 Å². The van der Waals surface area contributed by atoms with E-state index in [9.17, 15) is 29.1 Å². The second-order valence-electron chi connectivity index (χ2n) is 5.54. The third kappa shape index (κ3) is 2.15. The molecule has 25 heavy (non-hydrogen) atoms. The van der Waals surface area contributed by atoms with Gasteiger partial charge in [-0.25, -0.2) is 4.79 Å². The van der Waals surface area contributed by atoms with Crippen LogP contribution in [0.4, 0.5) is 0 Å². The number of aliphatic carboxylic acids is 1. The van der Waals surface area contributed by atoms with Crippen molar-refractivity contribution in [1.82, 2.24) is 9.80 Å². The Bertz CT molecular complexity index is 807. The number of benzene rings is 1. The average Bonchev–Trinajstić information content (AvgIpc) is 2.80. The van der Waals surface area contributed by atoms with Crippen LogP contribution in [0.5, 0.6) is 0 Å². The van der Waals surface area contributed by atoms with Gasteiger partial charge in [0.15, 0.2) is 11.8 Å². The van der Waals surface area contributed by atoms with Gasteiger partial charge >= 0.3 is 5.97 Å². The van der Waals surface area contributed by atoms with Gasteiger partial charge in [0.05, 0.1) is 11.1 Å². The van der Waals surface area contributed by atoms with Gasteiger partial charge in [0.25, 0.3) is 22.2 Å². The molecular formula is C15H10BrClN2O6. The monoisotopic (exact) mass is 428 g/mol. The number of halogens is 2. The van der Waals surface area contributed by atoms with Crippen molar-refractivity contribution in [2.45, 2.75) is 22.9 Å². The Balaban J connectivity index is 1.95. The van der Waals surface area contributed by atoms with E-state index in [0.717, 1.165) is 6.92 Å². The van der Waals surface area contributed by atoms with Gasteiger partial charge in [0, 0.05) is 0 Å². The van der Waals surface area contributed by atoms with Crippen molar-refractivity contribution in [3.05, 3.63) is 35.4 Å². The summed E-state index contributed by atoms with van der Waals surface area (Å²) in [5.74, 6) is -4.80. The standard InChI is InChI=1S/C15H10BrClN2O6/c1-6(20)15(16,14(24)25)19-10(17)9(13(19)23)18-11(21)7-4-2-3-5-8(7)12(18)22/h2-5,9-10H,1H3,(H,24,25)/t9-,10+,15?/m1/s1. The fourth-order valence-corrected chi connectivity index (χ4v) is 3.86. The van der Waals surface area contributed by atoms with Crippen molar-refractivity contribution in [3.8, 4) is 0 Å². The molecule has 0 bridgehead atoms. The van der Waals surface area contributed by atoms with Gasteiger partial charge in [-0.1, -0.05) is 23.7 Å². The van der Waals surface area contributed by atoms with Crippen molar-refractivity contribution in [1.29, 1.82) is 0 Å². The lowest BCUT2D eigenvalue weighted by Crippen LogP contribution is -2.76. The number of ketones is 1. The van der Waals surface area contributed by atoms with Gasteiger partial charge < -0.3 is 5.11 Å². The minimum absolute atomic E-state index is 0.137. The number of hydrogen-bond donors (Lipinski definition) is 1. The van der Waals surface area contributed by atoms with E-state index in [1.165, 1.54) is 12.1 Å². The molecule has 2 aliphatic rings. The molecule has 1 fully saturated rings. The fraction of sp³-hybridized carbons (Fsp3) is 0.267. The molecule has 1 N–H and O–H groups in total. The molecule has 0 aliphatic carbocycles. The highest BCUT2D eigenvalue weighted by Crippen LogP contribution is 2.41. The number of carbonyl (C=O) groups is 5. The number of Topliss-reactive ketones (excluding diaryl/α,β-unsaturated/α-hetero) is 1. The minimum Gasteiger partial charge on any atom is -0.478 e. The number of hydrogen-bond acceptors (Lipinski definition) is 5. The van der Waals surface area contributed by atoms with E-state index >= 15 is 0 Å². The van der Waals surface area contributed by atoms with E-state index in [1.54, 1.807) is 12.1 Å². The number of imide groups is 1. The lowest BCUT2D eigenvalue weighted by molar-refractivity contribution is -0.169. The lowest BCUT2D eigenvalue weighted by Gasteiger charge is -2.50. The van der Waals surface area contributed by atoms with E-state index in [-0.39, 0.29) is 11.1 Å². The Hall–Kier alpha value is -2.26. The molecule has 2 heterocycles. The lowest BCUT2D eigenvalue weighted by atomic mass is 9.99. The van der Waals surface area contributed by atoms with E-state index in [4.69, 9.17) is 11.6 Å². The van der Waals surface area contributed by atoms with Crippen LogP contribution in [0, 0.1) is 0 Å². The number of β-lactam (4-membered cyclic amide) rings is 1. The molecular weight excluding hydrogens is 420 g/mol.